The second kappa shape index (κ2) is 6.95. The molecule has 4 heteroatoms. The minimum atomic E-state index is -0.0203. The third kappa shape index (κ3) is 3.83. The Labute approximate surface area is 113 Å². The van der Waals surface area contributed by atoms with E-state index in [9.17, 15) is 4.79 Å². The first kappa shape index (κ1) is 13.6. The molecule has 0 radical (unpaired) electrons. The highest BCUT2D eigenvalue weighted by Gasteiger charge is 2.13. The molecule has 1 aliphatic carbocycles. The van der Waals surface area contributed by atoms with E-state index in [1.807, 2.05) is 30.3 Å². The molecule has 102 valence electrons. The van der Waals surface area contributed by atoms with E-state index in [0.717, 1.165) is 30.4 Å². The molecule has 2 rings (SSSR count). The van der Waals surface area contributed by atoms with Gasteiger partial charge in [0.15, 0.2) is 0 Å². The van der Waals surface area contributed by atoms with Crippen LogP contribution in [-0.2, 0) is 11.3 Å². The van der Waals surface area contributed by atoms with Crippen molar-refractivity contribution in [3.8, 4) is 5.75 Å². The van der Waals surface area contributed by atoms with Gasteiger partial charge >= 0.3 is 0 Å². The summed E-state index contributed by atoms with van der Waals surface area (Å²) in [5.41, 5.74) is 1.80. The molecule has 0 aromatic heterocycles. The first-order chi connectivity index (χ1) is 9.31. The van der Waals surface area contributed by atoms with Crippen molar-refractivity contribution >= 4 is 5.91 Å². The summed E-state index contributed by atoms with van der Waals surface area (Å²) in [5.74, 6) is 0.715. The van der Waals surface area contributed by atoms with Crippen LogP contribution >= 0.6 is 0 Å². The third-order valence-corrected chi connectivity index (χ3v) is 3.09. The van der Waals surface area contributed by atoms with Crippen LogP contribution in [0, 0.1) is 0 Å². The van der Waals surface area contributed by atoms with E-state index in [2.05, 4.69) is 5.32 Å². The fraction of sp³-hybridized carbons (Fsp3) is 0.400. The Balaban J connectivity index is 1.93. The number of carbonyl (C=O) groups is 1. The van der Waals surface area contributed by atoms with Crippen LogP contribution in [0.5, 0.6) is 5.75 Å². The van der Waals surface area contributed by atoms with E-state index < -0.39 is 0 Å². The number of hydrogen-bond acceptors (Lipinski definition) is 3. The Kier molecular flexibility index (Phi) is 4.98. The predicted molar refractivity (Wildman–Crippen MR) is 72.8 cm³/mol. The molecule has 2 N–H and O–H groups in total. The molecule has 0 saturated heterocycles. The van der Waals surface area contributed by atoms with Crippen LogP contribution in [0.3, 0.4) is 0 Å². The first-order valence-electron chi connectivity index (χ1n) is 6.60. The molecule has 1 amide bonds. The van der Waals surface area contributed by atoms with Crippen LogP contribution in [0.1, 0.15) is 24.8 Å². The van der Waals surface area contributed by atoms with Gasteiger partial charge in [0.05, 0.1) is 6.61 Å². The highest BCUT2D eigenvalue weighted by Crippen LogP contribution is 2.19. The first-order valence-corrected chi connectivity index (χ1v) is 6.60. The average Bonchev–Trinajstić information content (AvgIpc) is 2.97. The lowest BCUT2D eigenvalue weighted by atomic mass is 10.2. The molecule has 0 spiro atoms. The quantitative estimate of drug-likeness (QED) is 0.820. The second-order valence-corrected chi connectivity index (χ2v) is 4.48. The van der Waals surface area contributed by atoms with Crippen molar-refractivity contribution in [2.45, 2.75) is 25.8 Å². The summed E-state index contributed by atoms with van der Waals surface area (Å²) in [6.45, 7) is 0.682. The van der Waals surface area contributed by atoms with Crippen molar-refractivity contribution in [2.24, 2.45) is 0 Å². The molecule has 0 heterocycles. The van der Waals surface area contributed by atoms with E-state index in [4.69, 9.17) is 9.84 Å². The smallest absolute Gasteiger partial charge is 0.247 e. The minimum Gasteiger partial charge on any atom is -0.491 e. The monoisotopic (exact) mass is 261 g/mol. The van der Waals surface area contributed by atoms with Crippen LogP contribution in [0.2, 0.25) is 0 Å². The summed E-state index contributed by atoms with van der Waals surface area (Å²) in [5, 5.41) is 11.7. The van der Waals surface area contributed by atoms with Crippen molar-refractivity contribution < 1.29 is 14.6 Å². The zero-order chi connectivity index (χ0) is 13.5. The molecule has 1 aromatic rings. The number of nitrogens with one attached hydrogen (secondary N) is 1. The van der Waals surface area contributed by atoms with Gasteiger partial charge in [-0.25, -0.2) is 0 Å². The zero-order valence-corrected chi connectivity index (χ0v) is 10.9. The van der Waals surface area contributed by atoms with E-state index >= 15 is 0 Å². The van der Waals surface area contributed by atoms with Crippen molar-refractivity contribution in [3.63, 3.8) is 0 Å². The van der Waals surface area contributed by atoms with E-state index in [-0.39, 0.29) is 19.1 Å². The maximum atomic E-state index is 11.9. The SMILES string of the molecule is O=C(NCc1ccccc1OCCO)C1=CCCC1. The minimum absolute atomic E-state index is 0.00876. The number of benzene rings is 1. The molecule has 0 saturated carbocycles. The molecular formula is C15H19NO3. The average molecular weight is 261 g/mol. The van der Waals surface area contributed by atoms with Gasteiger partial charge in [-0.1, -0.05) is 24.3 Å². The van der Waals surface area contributed by atoms with Crippen LogP contribution in [0.4, 0.5) is 0 Å². The van der Waals surface area contributed by atoms with Crippen molar-refractivity contribution in [2.75, 3.05) is 13.2 Å². The fourth-order valence-electron chi connectivity index (χ4n) is 2.11. The molecule has 4 nitrogen and oxygen atoms in total. The van der Waals surface area contributed by atoms with Crippen molar-refractivity contribution in [3.05, 3.63) is 41.5 Å². The van der Waals surface area contributed by atoms with Gasteiger partial charge in [-0.15, -0.1) is 0 Å². The summed E-state index contributed by atoms with van der Waals surface area (Å²) in [4.78, 5) is 11.9. The summed E-state index contributed by atoms with van der Waals surface area (Å²) in [7, 11) is 0. The summed E-state index contributed by atoms with van der Waals surface area (Å²) in [6.07, 6.45) is 4.94. The zero-order valence-electron chi connectivity index (χ0n) is 10.9. The third-order valence-electron chi connectivity index (χ3n) is 3.09. The van der Waals surface area contributed by atoms with Gasteiger partial charge < -0.3 is 15.2 Å². The number of carbonyl (C=O) groups excluding carboxylic acids is 1. The van der Waals surface area contributed by atoms with E-state index in [0.29, 0.717) is 12.3 Å². The molecule has 1 aliphatic rings. The van der Waals surface area contributed by atoms with E-state index in [1.54, 1.807) is 0 Å². The maximum Gasteiger partial charge on any atom is 0.247 e. The van der Waals surface area contributed by atoms with Gasteiger partial charge in [-0.3, -0.25) is 4.79 Å². The molecule has 1 aromatic carbocycles. The van der Waals surface area contributed by atoms with Gasteiger partial charge in [0.2, 0.25) is 5.91 Å². The Morgan fingerprint density at radius 2 is 2.21 bits per heavy atom. The van der Waals surface area contributed by atoms with Crippen LogP contribution in [0.15, 0.2) is 35.9 Å². The molecule has 19 heavy (non-hydrogen) atoms. The van der Waals surface area contributed by atoms with Crippen molar-refractivity contribution in [1.82, 2.24) is 5.32 Å². The molecule has 0 fully saturated rings. The summed E-state index contributed by atoms with van der Waals surface area (Å²) < 4.78 is 5.43. The number of hydrogen-bond donors (Lipinski definition) is 2. The second-order valence-electron chi connectivity index (χ2n) is 4.48. The van der Waals surface area contributed by atoms with Crippen LogP contribution < -0.4 is 10.1 Å². The maximum absolute atomic E-state index is 11.9. The fourth-order valence-corrected chi connectivity index (χ4v) is 2.11. The lowest BCUT2D eigenvalue weighted by Crippen LogP contribution is -2.24. The van der Waals surface area contributed by atoms with E-state index in [1.165, 1.54) is 0 Å². The Morgan fingerprint density at radius 3 is 2.95 bits per heavy atom. The normalized spacial score (nSPS) is 14.1. The van der Waals surface area contributed by atoms with Crippen LogP contribution in [0.25, 0.3) is 0 Å². The molecular weight excluding hydrogens is 242 g/mol. The standard InChI is InChI=1S/C15H19NO3/c17-9-10-19-14-8-4-3-7-13(14)11-16-15(18)12-5-1-2-6-12/h3-5,7-8,17H,1-2,6,9-11H2,(H,16,18). The highest BCUT2D eigenvalue weighted by molar-refractivity contribution is 5.93. The Morgan fingerprint density at radius 1 is 1.37 bits per heavy atom. The topological polar surface area (TPSA) is 58.6 Å². The van der Waals surface area contributed by atoms with Crippen LogP contribution in [-0.4, -0.2) is 24.2 Å². The molecule has 0 atom stereocenters. The number of allylic oxidation sites excluding steroid dienone is 1. The van der Waals surface area contributed by atoms with Gasteiger partial charge in [0, 0.05) is 17.7 Å². The summed E-state index contributed by atoms with van der Waals surface area (Å²) >= 11 is 0. The lowest BCUT2D eigenvalue weighted by molar-refractivity contribution is -0.117. The molecule has 0 aliphatic heterocycles. The Bertz CT molecular complexity index is 468. The Hall–Kier alpha value is -1.81. The number of ether oxygens (including phenoxy) is 1. The number of aliphatic hydroxyl groups is 1. The van der Waals surface area contributed by atoms with Gasteiger partial charge in [0.25, 0.3) is 0 Å². The van der Waals surface area contributed by atoms with Gasteiger partial charge in [0.1, 0.15) is 12.4 Å². The molecule has 0 unspecified atom stereocenters. The largest absolute Gasteiger partial charge is 0.491 e. The van der Waals surface area contributed by atoms with Crippen molar-refractivity contribution in [1.29, 1.82) is 0 Å². The number of para-hydroxylation sites is 1. The summed E-state index contributed by atoms with van der Waals surface area (Å²) in [6, 6.07) is 7.53. The predicted octanol–water partition coefficient (Wildman–Crippen LogP) is 1.78. The molecule has 0 bridgehead atoms. The lowest BCUT2D eigenvalue weighted by Gasteiger charge is -2.11. The van der Waals surface area contributed by atoms with Gasteiger partial charge in [-0.2, -0.15) is 0 Å². The highest BCUT2D eigenvalue weighted by atomic mass is 16.5. The number of aliphatic hydroxyl groups excluding tert-OH is 1. The number of amides is 1. The number of rotatable bonds is 6. The van der Waals surface area contributed by atoms with Gasteiger partial charge in [-0.05, 0) is 25.3 Å².